The van der Waals surface area contributed by atoms with Gasteiger partial charge in [-0.1, -0.05) is 13.0 Å². The molecule has 0 saturated carbocycles. The van der Waals surface area contributed by atoms with Gasteiger partial charge in [0.05, 0.1) is 16.6 Å². The monoisotopic (exact) mass is 284 g/mol. The quantitative estimate of drug-likeness (QED) is 0.801. The van der Waals surface area contributed by atoms with Gasteiger partial charge in [0.15, 0.2) is 0 Å². The molecule has 0 saturated heterocycles. The van der Waals surface area contributed by atoms with Gasteiger partial charge in [-0.05, 0) is 36.4 Å². The fourth-order valence-electron chi connectivity index (χ4n) is 2.45. The van der Waals surface area contributed by atoms with Gasteiger partial charge in [0.1, 0.15) is 11.6 Å². The summed E-state index contributed by atoms with van der Waals surface area (Å²) >= 11 is 0. The molecule has 0 aliphatic rings. The molecule has 0 aliphatic heterocycles. The normalized spacial score (nSPS) is 11.0. The number of hydrogen-bond donors (Lipinski definition) is 1. The molecule has 0 bridgehead atoms. The van der Waals surface area contributed by atoms with Crippen molar-refractivity contribution in [1.82, 2.24) is 9.55 Å². The first-order chi connectivity index (χ1) is 10.1. The van der Waals surface area contributed by atoms with Crippen LogP contribution in [0.3, 0.4) is 0 Å². The zero-order valence-corrected chi connectivity index (χ0v) is 11.4. The second-order valence-electron chi connectivity index (χ2n) is 4.67. The van der Waals surface area contributed by atoms with Gasteiger partial charge in [-0.2, -0.15) is 0 Å². The molecule has 3 aromatic rings. The van der Waals surface area contributed by atoms with E-state index in [-0.39, 0.29) is 11.4 Å². The van der Waals surface area contributed by atoms with E-state index >= 15 is 0 Å². The van der Waals surface area contributed by atoms with E-state index in [1.807, 2.05) is 6.92 Å². The van der Waals surface area contributed by atoms with Gasteiger partial charge in [-0.15, -0.1) is 0 Å². The number of aryl methyl sites for hydroxylation is 1. The average molecular weight is 284 g/mol. The Hall–Kier alpha value is -2.69. The Morgan fingerprint density at radius 3 is 2.57 bits per heavy atom. The van der Waals surface area contributed by atoms with Gasteiger partial charge >= 0.3 is 5.97 Å². The Labute approximate surface area is 120 Å². The van der Waals surface area contributed by atoms with Crippen LogP contribution in [0.25, 0.3) is 16.7 Å². The maximum absolute atomic E-state index is 13.1. The van der Waals surface area contributed by atoms with Crippen molar-refractivity contribution in [2.45, 2.75) is 13.3 Å². The minimum atomic E-state index is -1.01. The number of benzene rings is 2. The first-order valence-electron chi connectivity index (χ1n) is 6.61. The molecule has 0 aliphatic carbocycles. The van der Waals surface area contributed by atoms with Crippen molar-refractivity contribution in [1.29, 1.82) is 0 Å². The van der Waals surface area contributed by atoms with E-state index in [2.05, 4.69) is 4.98 Å². The van der Waals surface area contributed by atoms with E-state index in [0.717, 1.165) is 5.82 Å². The summed E-state index contributed by atoms with van der Waals surface area (Å²) in [6.07, 6.45) is 0.644. The topological polar surface area (TPSA) is 55.1 Å². The number of carboxylic acid groups (broad SMARTS) is 1. The molecule has 1 heterocycles. The fraction of sp³-hybridized carbons (Fsp3) is 0.125. The van der Waals surface area contributed by atoms with Crippen molar-refractivity contribution in [3.63, 3.8) is 0 Å². The fourth-order valence-corrected chi connectivity index (χ4v) is 2.45. The van der Waals surface area contributed by atoms with Crippen LogP contribution in [0.1, 0.15) is 23.1 Å². The van der Waals surface area contributed by atoms with Gasteiger partial charge < -0.3 is 5.11 Å². The van der Waals surface area contributed by atoms with Crippen molar-refractivity contribution in [2.75, 3.05) is 0 Å². The molecule has 0 amide bonds. The van der Waals surface area contributed by atoms with E-state index in [1.165, 1.54) is 12.1 Å². The Bertz CT molecular complexity index is 822. The number of carboxylic acids is 1. The molecule has 0 fully saturated rings. The van der Waals surface area contributed by atoms with Crippen LogP contribution in [-0.2, 0) is 6.42 Å². The summed E-state index contributed by atoms with van der Waals surface area (Å²) in [5.41, 5.74) is 2.04. The van der Waals surface area contributed by atoms with Crippen molar-refractivity contribution < 1.29 is 14.3 Å². The maximum Gasteiger partial charge on any atom is 0.337 e. The molecule has 0 spiro atoms. The highest BCUT2D eigenvalue weighted by atomic mass is 19.1. The van der Waals surface area contributed by atoms with E-state index in [0.29, 0.717) is 23.1 Å². The van der Waals surface area contributed by atoms with Crippen LogP contribution in [-0.4, -0.2) is 20.6 Å². The van der Waals surface area contributed by atoms with Crippen molar-refractivity contribution >= 4 is 17.0 Å². The lowest BCUT2D eigenvalue weighted by Crippen LogP contribution is -2.04. The number of imidazole rings is 1. The minimum absolute atomic E-state index is 0.184. The maximum atomic E-state index is 13.1. The summed E-state index contributed by atoms with van der Waals surface area (Å²) in [6, 6.07) is 10.9. The molecule has 21 heavy (non-hydrogen) atoms. The number of fused-ring (bicyclic) bond motifs is 1. The lowest BCUT2D eigenvalue weighted by atomic mass is 10.1. The summed E-state index contributed by atoms with van der Waals surface area (Å²) in [5.74, 6) is -0.600. The molecule has 5 heteroatoms. The van der Waals surface area contributed by atoms with Gasteiger partial charge in [0.2, 0.25) is 0 Å². The third kappa shape index (κ3) is 2.16. The molecule has 3 rings (SSSR count). The number of aromatic nitrogens is 2. The SMILES string of the molecule is CCc1nc2cccc(C(=O)O)c2n1-c1ccc(F)cc1. The van der Waals surface area contributed by atoms with Crippen LogP contribution in [0.2, 0.25) is 0 Å². The van der Waals surface area contributed by atoms with Crippen LogP contribution in [0.15, 0.2) is 42.5 Å². The summed E-state index contributed by atoms with van der Waals surface area (Å²) < 4.78 is 14.9. The number of hydrogen-bond acceptors (Lipinski definition) is 2. The van der Waals surface area contributed by atoms with Gasteiger partial charge in [0.25, 0.3) is 0 Å². The molecule has 2 aromatic carbocycles. The van der Waals surface area contributed by atoms with Crippen LogP contribution >= 0.6 is 0 Å². The largest absolute Gasteiger partial charge is 0.478 e. The molecule has 106 valence electrons. The van der Waals surface area contributed by atoms with E-state index in [9.17, 15) is 14.3 Å². The number of halogens is 1. The predicted molar refractivity (Wildman–Crippen MR) is 77.4 cm³/mol. The smallest absolute Gasteiger partial charge is 0.337 e. The Morgan fingerprint density at radius 1 is 1.24 bits per heavy atom. The van der Waals surface area contributed by atoms with E-state index < -0.39 is 5.97 Å². The lowest BCUT2D eigenvalue weighted by molar-refractivity contribution is 0.0698. The second kappa shape index (κ2) is 5.01. The van der Waals surface area contributed by atoms with Crippen molar-refractivity contribution in [2.24, 2.45) is 0 Å². The van der Waals surface area contributed by atoms with Crippen LogP contribution in [0.5, 0.6) is 0 Å². The minimum Gasteiger partial charge on any atom is -0.478 e. The van der Waals surface area contributed by atoms with Crippen LogP contribution in [0.4, 0.5) is 4.39 Å². The molecule has 0 radical (unpaired) electrons. The highest BCUT2D eigenvalue weighted by Crippen LogP contribution is 2.25. The zero-order valence-electron chi connectivity index (χ0n) is 11.4. The van der Waals surface area contributed by atoms with Gasteiger partial charge in [-0.25, -0.2) is 14.2 Å². The highest BCUT2D eigenvalue weighted by Gasteiger charge is 2.17. The summed E-state index contributed by atoms with van der Waals surface area (Å²) in [7, 11) is 0. The highest BCUT2D eigenvalue weighted by molar-refractivity contribution is 6.01. The summed E-state index contributed by atoms with van der Waals surface area (Å²) in [5, 5.41) is 9.38. The third-order valence-electron chi connectivity index (χ3n) is 3.38. The number of para-hydroxylation sites is 1. The number of aromatic carboxylic acids is 1. The summed E-state index contributed by atoms with van der Waals surface area (Å²) in [6.45, 7) is 1.95. The number of rotatable bonds is 3. The molecular formula is C16H13FN2O2. The predicted octanol–water partition coefficient (Wildman–Crippen LogP) is 3.43. The van der Waals surface area contributed by atoms with Gasteiger partial charge in [0, 0.05) is 12.1 Å². The second-order valence-corrected chi connectivity index (χ2v) is 4.67. The zero-order chi connectivity index (χ0) is 15.0. The first kappa shape index (κ1) is 13.3. The number of nitrogens with zero attached hydrogens (tertiary/aromatic N) is 2. The van der Waals surface area contributed by atoms with E-state index in [4.69, 9.17) is 0 Å². The molecule has 0 unspecified atom stereocenters. The first-order valence-corrected chi connectivity index (χ1v) is 6.61. The third-order valence-corrected chi connectivity index (χ3v) is 3.38. The molecular weight excluding hydrogens is 271 g/mol. The Balaban J connectivity index is 2.38. The van der Waals surface area contributed by atoms with Crippen molar-refractivity contribution in [3.05, 3.63) is 59.7 Å². The lowest BCUT2D eigenvalue weighted by Gasteiger charge is -2.09. The van der Waals surface area contributed by atoms with Crippen molar-refractivity contribution in [3.8, 4) is 5.69 Å². The standard InChI is InChI=1S/C16H13FN2O2/c1-2-14-18-13-5-3-4-12(16(20)21)15(13)19(14)11-8-6-10(17)7-9-11/h3-9H,2H2,1H3,(H,20,21). The summed E-state index contributed by atoms with van der Waals surface area (Å²) in [4.78, 5) is 15.9. The number of carbonyl (C=O) groups is 1. The average Bonchev–Trinajstić information content (AvgIpc) is 2.86. The Morgan fingerprint density at radius 2 is 1.95 bits per heavy atom. The molecule has 0 atom stereocenters. The van der Waals surface area contributed by atoms with Gasteiger partial charge in [-0.3, -0.25) is 4.57 Å². The van der Waals surface area contributed by atoms with Crippen LogP contribution in [0, 0.1) is 5.82 Å². The molecule has 1 aromatic heterocycles. The molecule has 4 nitrogen and oxygen atoms in total. The molecule has 1 N–H and O–H groups in total. The Kier molecular flexibility index (Phi) is 3.17. The van der Waals surface area contributed by atoms with Crippen LogP contribution < -0.4 is 0 Å². The van der Waals surface area contributed by atoms with E-state index in [1.54, 1.807) is 34.9 Å².